The van der Waals surface area contributed by atoms with Crippen molar-refractivity contribution >= 4 is 86.2 Å². The molecule has 0 saturated heterocycles. The Labute approximate surface area is 477 Å². The SMILES string of the molecule is CCCCCCCCCCC(CCCCCCCC)Cn1c(=O)c2c3cc4c(cc3c3ccc5ccccc5c3c2c1=O)c1c(=O)n(CC(CCCCCCCC)CCCCCCCCCC)c(=O)c1c1c2ccccc2ccc41. The summed E-state index contributed by atoms with van der Waals surface area (Å²) >= 11 is 0. The van der Waals surface area contributed by atoms with Crippen LogP contribution in [0.25, 0.3) is 86.2 Å². The zero-order valence-corrected chi connectivity index (χ0v) is 49.8. The summed E-state index contributed by atoms with van der Waals surface area (Å²) in [6.45, 7) is 9.91. The summed E-state index contributed by atoms with van der Waals surface area (Å²) in [6, 6.07) is 29.1. The van der Waals surface area contributed by atoms with Crippen LogP contribution >= 0.6 is 0 Å². The van der Waals surface area contributed by atoms with Gasteiger partial charge in [0.2, 0.25) is 0 Å². The molecule has 6 heteroatoms. The molecule has 7 aromatic carbocycles. The average Bonchev–Trinajstić information content (AvgIpc) is 4.02. The molecule has 2 atom stereocenters. The molecule has 0 amide bonds. The zero-order valence-electron chi connectivity index (χ0n) is 49.8. The molecular weight excluding hydrogens is 981 g/mol. The second-order valence-electron chi connectivity index (χ2n) is 24.7. The van der Waals surface area contributed by atoms with Crippen molar-refractivity contribution < 1.29 is 0 Å². The number of aromatic nitrogens is 2. The van der Waals surface area contributed by atoms with Gasteiger partial charge in [-0.25, -0.2) is 0 Å². The van der Waals surface area contributed by atoms with Crippen LogP contribution in [-0.4, -0.2) is 9.13 Å². The van der Waals surface area contributed by atoms with E-state index >= 15 is 19.2 Å². The summed E-state index contributed by atoms with van der Waals surface area (Å²) in [5, 5.41) is 12.3. The Morgan fingerprint density at radius 3 is 0.887 bits per heavy atom. The maximum absolute atomic E-state index is 15.6. The number of fused-ring (bicyclic) bond motifs is 16. The predicted molar refractivity (Wildman–Crippen MR) is 347 cm³/mol. The third kappa shape index (κ3) is 13.3. The Bertz CT molecular complexity index is 3460. The molecule has 2 unspecified atom stereocenters. The van der Waals surface area contributed by atoms with Crippen molar-refractivity contribution in [3.63, 3.8) is 0 Å². The van der Waals surface area contributed by atoms with Crippen molar-refractivity contribution in [1.29, 1.82) is 0 Å². The first kappa shape index (κ1) is 59.0. The van der Waals surface area contributed by atoms with E-state index in [1.54, 1.807) is 9.13 Å². The van der Waals surface area contributed by atoms with Crippen molar-refractivity contribution in [2.24, 2.45) is 11.8 Å². The lowest BCUT2D eigenvalue weighted by Gasteiger charge is -2.17. The van der Waals surface area contributed by atoms with Gasteiger partial charge in [-0.05, 0) is 104 Å². The summed E-state index contributed by atoms with van der Waals surface area (Å²) in [5.41, 5.74) is -0.814. The Balaban J connectivity index is 1.19. The lowest BCUT2D eigenvalue weighted by molar-refractivity contribution is 0.351. The van der Waals surface area contributed by atoms with Crippen LogP contribution in [0.2, 0.25) is 0 Å². The molecule has 9 rings (SSSR count). The highest BCUT2D eigenvalue weighted by Gasteiger charge is 2.27. The molecule has 0 aliphatic heterocycles. The van der Waals surface area contributed by atoms with Crippen LogP contribution in [0, 0.1) is 11.8 Å². The first-order chi connectivity index (χ1) is 39.3. The van der Waals surface area contributed by atoms with Gasteiger partial charge in [0, 0.05) is 23.9 Å². The fourth-order valence-electron chi connectivity index (χ4n) is 14.2. The number of hydrogen-bond donors (Lipinski definition) is 0. The molecule has 80 heavy (non-hydrogen) atoms. The van der Waals surface area contributed by atoms with E-state index in [2.05, 4.69) is 88.4 Å². The van der Waals surface area contributed by atoms with Gasteiger partial charge in [0.05, 0.1) is 21.5 Å². The van der Waals surface area contributed by atoms with E-state index < -0.39 is 0 Å². The zero-order chi connectivity index (χ0) is 55.8. The van der Waals surface area contributed by atoms with Crippen LogP contribution in [0.3, 0.4) is 0 Å². The highest BCUT2D eigenvalue weighted by atomic mass is 16.2. The quantitative estimate of drug-likeness (QED) is 0.0223. The Morgan fingerprint density at radius 1 is 0.275 bits per heavy atom. The van der Waals surface area contributed by atoms with E-state index in [-0.39, 0.29) is 34.1 Å². The minimum Gasteiger partial charge on any atom is -0.274 e. The van der Waals surface area contributed by atoms with Gasteiger partial charge in [-0.15, -0.1) is 0 Å². The largest absolute Gasteiger partial charge is 0.274 e. The van der Waals surface area contributed by atoms with E-state index in [1.165, 1.54) is 154 Å². The van der Waals surface area contributed by atoms with Gasteiger partial charge in [0.1, 0.15) is 0 Å². The van der Waals surface area contributed by atoms with Crippen molar-refractivity contribution in [2.75, 3.05) is 0 Å². The molecule has 426 valence electrons. The molecule has 2 aromatic heterocycles. The number of nitrogens with zero attached hydrogens (tertiary/aromatic N) is 2. The smallest absolute Gasteiger partial charge is 0.262 e. The number of benzene rings is 7. The summed E-state index contributed by atoms with van der Waals surface area (Å²) < 4.78 is 3.23. The Kier molecular flexibility index (Phi) is 21.7. The molecule has 0 bridgehead atoms. The Hall–Kier alpha value is -5.62. The van der Waals surface area contributed by atoms with Crippen molar-refractivity contribution in [1.82, 2.24) is 9.13 Å². The normalized spacial score (nSPS) is 13.1. The Morgan fingerprint density at radius 2 is 0.562 bits per heavy atom. The molecule has 9 aromatic rings. The van der Waals surface area contributed by atoms with Crippen molar-refractivity contribution in [2.45, 2.75) is 246 Å². The second kappa shape index (κ2) is 29.4. The van der Waals surface area contributed by atoms with Crippen LogP contribution < -0.4 is 22.2 Å². The summed E-state index contributed by atoms with van der Waals surface area (Å²) in [7, 11) is 0. The minimum atomic E-state index is -0.214. The number of hydrogen-bond acceptors (Lipinski definition) is 4. The minimum absolute atomic E-state index is 0.194. The molecule has 0 saturated carbocycles. The van der Waals surface area contributed by atoms with Crippen LogP contribution in [-0.2, 0) is 13.1 Å². The van der Waals surface area contributed by atoms with E-state index in [0.717, 1.165) is 116 Å². The standard InChI is InChI=1S/C74H96N2O4/c1-5-9-13-17-21-23-27-31-39-53(37-29-25-19-15-11-7-3)51-75-71(77)67-63-49-62-60-48-46-56-42-34-36-44-58(56)66(60)70-68(64(62)50-61(63)59-47-45-55-41-33-35-43-57(55)65(59)69(67)73(75)79)72(78)76(74(70)80)52-54(38-30-26-20-16-12-8-4)40-32-28-24-22-18-14-10-6-2/h33-36,41-50,53-54H,5-32,37-40,51-52H2,1-4H3. The van der Waals surface area contributed by atoms with E-state index in [4.69, 9.17) is 0 Å². The molecule has 2 heterocycles. The molecule has 0 N–H and O–H groups in total. The average molecular weight is 1080 g/mol. The van der Waals surface area contributed by atoms with Crippen molar-refractivity contribution in [3.05, 3.63) is 126 Å². The summed E-state index contributed by atoms with van der Waals surface area (Å²) in [5.74, 6) is 0.464. The maximum Gasteiger partial charge on any atom is 0.262 e. The van der Waals surface area contributed by atoms with Crippen molar-refractivity contribution in [3.8, 4) is 0 Å². The molecule has 0 fully saturated rings. The van der Waals surface area contributed by atoms with Crippen LogP contribution in [0.15, 0.2) is 104 Å². The molecule has 6 nitrogen and oxygen atoms in total. The first-order valence-electron chi connectivity index (χ1n) is 32.8. The van der Waals surface area contributed by atoms with E-state index in [0.29, 0.717) is 34.6 Å². The van der Waals surface area contributed by atoms with Gasteiger partial charge in [0.15, 0.2) is 0 Å². The van der Waals surface area contributed by atoms with Gasteiger partial charge < -0.3 is 0 Å². The van der Waals surface area contributed by atoms with Gasteiger partial charge in [-0.2, -0.15) is 0 Å². The third-order valence-corrected chi connectivity index (χ3v) is 18.7. The molecule has 0 aliphatic carbocycles. The fraction of sp³-hybridized carbons (Fsp3) is 0.541. The molecule has 0 aliphatic rings. The predicted octanol–water partition coefficient (Wildman–Crippen LogP) is 20.6. The van der Waals surface area contributed by atoms with Crippen LogP contribution in [0.4, 0.5) is 0 Å². The maximum atomic E-state index is 15.6. The van der Waals surface area contributed by atoms with Crippen LogP contribution in [0.1, 0.15) is 233 Å². The van der Waals surface area contributed by atoms with E-state index in [1.807, 2.05) is 24.3 Å². The lowest BCUT2D eigenvalue weighted by atomic mass is 9.88. The monoisotopic (exact) mass is 1080 g/mol. The first-order valence-corrected chi connectivity index (χ1v) is 32.8. The van der Waals surface area contributed by atoms with Gasteiger partial charge in [-0.3, -0.25) is 28.3 Å². The van der Waals surface area contributed by atoms with Crippen LogP contribution in [0.5, 0.6) is 0 Å². The highest BCUT2D eigenvalue weighted by Crippen LogP contribution is 2.43. The number of rotatable bonds is 36. The summed E-state index contributed by atoms with van der Waals surface area (Å²) in [6.07, 6.45) is 38.6. The molecular formula is C74H96N2O4. The third-order valence-electron chi connectivity index (χ3n) is 18.7. The van der Waals surface area contributed by atoms with Gasteiger partial charge in [0.25, 0.3) is 22.2 Å². The highest BCUT2D eigenvalue weighted by molar-refractivity contribution is 6.37. The van der Waals surface area contributed by atoms with Gasteiger partial charge >= 0.3 is 0 Å². The lowest BCUT2D eigenvalue weighted by Crippen LogP contribution is -2.29. The van der Waals surface area contributed by atoms with Gasteiger partial charge in [-0.1, -0.05) is 280 Å². The number of unbranched alkanes of at least 4 members (excludes halogenated alkanes) is 24. The topological polar surface area (TPSA) is 78.1 Å². The summed E-state index contributed by atoms with van der Waals surface area (Å²) in [4.78, 5) is 62.1. The molecule has 0 spiro atoms. The fourth-order valence-corrected chi connectivity index (χ4v) is 14.2. The second-order valence-corrected chi connectivity index (χ2v) is 24.7. The van der Waals surface area contributed by atoms with E-state index in [9.17, 15) is 0 Å². The molecule has 0 radical (unpaired) electrons.